The van der Waals surface area contributed by atoms with Gasteiger partial charge >= 0.3 is 6.18 Å². The molecule has 0 aromatic heterocycles. The monoisotopic (exact) mass is 258 g/mol. The number of hydrogen-bond donors (Lipinski definition) is 1. The molecule has 1 aromatic carbocycles. The van der Waals surface area contributed by atoms with Gasteiger partial charge < -0.3 is 10.5 Å². The highest BCUT2D eigenvalue weighted by Crippen LogP contribution is 2.27. The minimum absolute atomic E-state index is 0.0419. The van der Waals surface area contributed by atoms with Crippen LogP contribution in [0.15, 0.2) is 24.3 Å². The largest absolute Gasteiger partial charge is 0.479 e. The fraction of sp³-hybridized carbons (Fsp3) is 0.417. The van der Waals surface area contributed by atoms with Gasteiger partial charge in [-0.05, 0) is 30.7 Å². The predicted octanol–water partition coefficient (Wildman–Crippen LogP) is 2.61. The number of ether oxygens (including phenoxy) is 1. The first kappa shape index (κ1) is 14.3. The number of alkyl halides is 3. The first-order valence-electron chi connectivity index (χ1n) is 5.37. The van der Waals surface area contributed by atoms with Crippen LogP contribution < -0.4 is 10.5 Å². The van der Waals surface area contributed by atoms with Crippen molar-refractivity contribution in [2.45, 2.75) is 31.7 Å². The van der Waals surface area contributed by atoms with Crippen molar-refractivity contribution in [2.24, 2.45) is 5.73 Å². The lowest BCUT2D eigenvalue weighted by Gasteiger charge is -2.26. The van der Waals surface area contributed by atoms with Crippen LogP contribution in [0.3, 0.4) is 0 Å². The summed E-state index contributed by atoms with van der Waals surface area (Å²) in [7, 11) is 0. The van der Waals surface area contributed by atoms with E-state index in [1.807, 2.05) is 6.07 Å². The number of nitriles is 1. The lowest BCUT2D eigenvalue weighted by Crippen LogP contribution is -2.48. The predicted molar refractivity (Wildman–Crippen MR) is 59.9 cm³/mol. The summed E-state index contributed by atoms with van der Waals surface area (Å²) in [4.78, 5) is 0. The van der Waals surface area contributed by atoms with Crippen molar-refractivity contribution in [1.82, 2.24) is 0 Å². The maximum Gasteiger partial charge on any atom is 0.426 e. The SMILES string of the molecule is CCC(N)C(Oc1ccc(C#N)cc1)C(F)(F)F. The number of rotatable bonds is 4. The van der Waals surface area contributed by atoms with E-state index in [0.717, 1.165) is 0 Å². The Hall–Kier alpha value is -1.74. The Kier molecular flexibility index (Phi) is 4.56. The van der Waals surface area contributed by atoms with Crippen LogP contribution in [0, 0.1) is 11.3 Å². The molecule has 0 saturated carbocycles. The van der Waals surface area contributed by atoms with Gasteiger partial charge in [0, 0.05) is 0 Å². The first-order chi connectivity index (χ1) is 8.38. The molecule has 0 aliphatic carbocycles. The molecule has 0 heterocycles. The molecule has 98 valence electrons. The van der Waals surface area contributed by atoms with E-state index in [-0.39, 0.29) is 12.2 Å². The van der Waals surface area contributed by atoms with E-state index in [1.54, 1.807) is 6.92 Å². The highest BCUT2D eigenvalue weighted by molar-refractivity contribution is 5.34. The minimum atomic E-state index is -4.52. The van der Waals surface area contributed by atoms with E-state index < -0.39 is 18.3 Å². The summed E-state index contributed by atoms with van der Waals surface area (Å²) >= 11 is 0. The highest BCUT2D eigenvalue weighted by atomic mass is 19.4. The summed E-state index contributed by atoms with van der Waals surface area (Å²) in [5.74, 6) is 0.0419. The van der Waals surface area contributed by atoms with Crippen molar-refractivity contribution in [2.75, 3.05) is 0 Å². The van der Waals surface area contributed by atoms with E-state index in [9.17, 15) is 13.2 Å². The van der Waals surface area contributed by atoms with Crippen molar-refractivity contribution in [3.8, 4) is 11.8 Å². The molecule has 1 aromatic rings. The Bertz CT molecular complexity index is 422. The Balaban J connectivity index is 2.86. The summed E-state index contributed by atoms with van der Waals surface area (Å²) in [6, 6.07) is 6.16. The number of nitrogens with zero attached hydrogens (tertiary/aromatic N) is 1. The molecule has 0 aliphatic heterocycles. The zero-order valence-corrected chi connectivity index (χ0v) is 9.74. The molecule has 2 unspecified atom stereocenters. The van der Waals surface area contributed by atoms with Gasteiger partial charge in [0.2, 0.25) is 6.10 Å². The molecule has 0 amide bonds. The molecule has 0 aliphatic rings. The van der Waals surface area contributed by atoms with Crippen LogP contribution in [0.2, 0.25) is 0 Å². The van der Waals surface area contributed by atoms with Gasteiger partial charge in [-0.2, -0.15) is 18.4 Å². The summed E-state index contributed by atoms with van der Waals surface area (Å²) in [6.07, 6.45) is -6.42. The van der Waals surface area contributed by atoms with Gasteiger partial charge in [-0.1, -0.05) is 6.92 Å². The zero-order chi connectivity index (χ0) is 13.8. The van der Waals surface area contributed by atoms with Crippen LogP contribution in [-0.4, -0.2) is 18.3 Å². The molecule has 3 nitrogen and oxygen atoms in total. The van der Waals surface area contributed by atoms with E-state index in [4.69, 9.17) is 15.7 Å². The van der Waals surface area contributed by atoms with Gasteiger partial charge in [0.05, 0.1) is 17.7 Å². The van der Waals surface area contributed by atoms with Crippen LogP contribution in [0.4, 0.5) is 13.2 Å². The highest BCUT2D eigenvalue weighted by Gasteiger charge is 2.45. The fourth-order valence-electron chi connectivity index (χ4n) is 1.37. The van der Waals surface area contributed by atoms with Crippen molar-refractivity contribution in [3.05, 3.63) is 29.8 Å². The van der Waals surface area contributed by atoms with Gasteiger partial charge in [0.15, 0.2) is 0 Å². The van der Waals surface area contributed by atoms with Gasteiger partial charge in [-0.25, -0.2) is 0 Å². The van der Waals surface area contributed by atoms with Crippen LogP contribution in [0.25, 0.3) is 0 Å². The number of halogens is 3. The van der Waals surface area contributed by atoms with E-state index in [1.165, 1.54) is 24.3 Å². The van der Waals surface area contributed by atoms with Crippen molar-refractivity contribution in [1.29, 1.82) is 5.26 Å². The van der Waals surface area contributed by atoms with Gasteiger partial charge in [0.1, 0.15) is 5.75 Å². The zero-order valence-electron chi connectivity index (χ0n) is 9.74. The maximum atomic E-state index is 12.7. The second kappa shape index (κ2) is 5.74. The van der Waals surface area contributed by atoms with Crippen LogP contribution >= 0.6 is 0 Å². The summed E-state index contributed by atoms with van der Waals surface area (Å²) in [5.41, 5.74) is 5.76. The quantitative estimate of drug-likeness (QED) is 0.903. The molecule has 0 spiro atoms. The molecule has 2 atom stereocenters. The Morgan fingerprint density at radius 1 is 1.33 bits per heavy atom. The molecule has 0 bridgehead atoms. The van der Waals surface area contributed by atoms with Crippen LogP contribution in [-0.2, 0) is 0 Å². The van der Waals surface area contributed by atoms with Gasteiger partial charge in [-0.3, -0.25) is 0 Å². The normalized spacial score (nSPS) is 14.7. The molecular weight excluding hydrogens is 245 g/mol. The lowest BCUT2D eigenvalue weighted by atomic mass is 10.1. The van der Waals surface area contributed by atoms with Crippen molar-refractivity contribution >= 4 is 0 Å². The molecule has 0 saturated heterocycles. The summed E-state index contributed by atoms with van der Waals surface area (Å²) in [6.45, 7) is 1.56. The molecule has 1 rings (SSSR count). The summed E-state index contributed by atoms with van der Waals surface area (Å²) in [5, 5.41) is 8.58. The Morgan fingerprint density at radius 2 is 1.89 bits per heavy atom. The topological polar surface area (TPSA) is 59.0 Å². The third-order valence-electron chi connectivity index (χ3n) is 2.43. The van der Waals surface area contributed by atoms with E-state index in [0.29, 0.717) is 5.56 Å². The van der Waals surface area contributed by atoms with Crippen LogP contribution in [0.1, 0.15) is 18.9 Å². The molecule has 0 radical (unpaired) electrons. The van der Waals surface area contributed by atoms with Crippen molar-refractivity contribution in [3.63, 3.8) is 0 Å². The third-order valence-corrected chi connectivity index (χ3v) is 2.43. The van der Waals surface area contributed by atoms with Crippen LogP contribution in [0.5, 0.6) is 5.75 Å². The molecular formula is C12H13F3N2O. The first-order valence-corrected chi connectivity index (χ1v) is 5.37. The average molecular weight is 258 g/mol. The van der Waals surface area contributed by atoms with Gasteiger partial charge in [0.25, 0.3) is 0 Å². The standard InChI is InChI=1S/C12H13F3N2O/c1-2-10(17)11(12(13,14)15)18-9-5-3-8(7-16)4-6-9/h3-6,10-11H,2,17H2,1H3. The number of benzene rings is 1. The Labute approximate surface area is 103 Å². The fourth-order valence-corrected chi connectivity index (χ4v) is 1.37. The molecule has 6 heteroatoms. The van der Waals surface area contributed by atoms with Gasteiger partial charge in [-0.15, -0.1) is 0 Å². The Morgan fingerprint density at radius 3 is 2.28 bits per heavy atom. The smallest absolute Gasteiger partial charge is 0.426 e. The second-order valence-electron chi connectivity index (χ2n) is 3.79. The molecule has 0 fully saturated rings. The number of nitrogens with two attached hydrogens (primary N) is 1. The summed E-state index contributed by atoms with van der Waals surface area (Å²) < 4.78 is 43.1. The number of hydrogen-bond acceptors (Lipinski definition) is 3. The minimum Gasteiger partial charge on any atom is -0.479 e. The second-order valence-corrected chi connectivity index (χ2v) is 3.79. The third kappa shape index (κ3) is 3.64. The van der Waals surface area contributed by atoms with E-state index in [2.05, 4.69) is 0 Å². The average Bonchev–Trinajstić information content (AvgIpc) is 2.34. The molecule has 2 N–H and O–H groups in total. The van der Waals surface area contributed by atoms with Crippen molar-refractivity contribution < 1.29 is 17.9 Å². The maximum absolute atomic E-state index is 12.7. The van der Waals surface area contributed by atoms with E-state index >= 15 is 0 Å². The lowest BCUT2D eigenvalue weighted by molar-refractivity contribution is -0.200. The molecule has 18 heavy (non-hydrogen) atoms.